The average Bonchev–Trinajstić information content (AvgIpc) is 2.52. The first-order chi connectivity index (χ1) is 11.4. The smallest absolute Gasteiger partial charge is 0.247 e. The lowest BCUT2D eigenvalue weighted by molar-refractivity contribution is -0.122. The van der Waals surface area contributed by atoms with Gasteiger partial charge in [-0.1, -0.05) is 15.9 Å². The van der Waals surface area contributed by atoms with Crippen LogP contribution in [0.15, 0.2) is 40.9 Å². The van der Waals surface area contributed by atoms with E-state index < -0.39 is 6.04 Å². The van der Waals surface area contributed by atoms with Crippen LogP contribution in [0.2, 0.25) is 0 Å². The topological polar surface area (TPSA) is 70.2 Å². The fraction of sp³-hybridized carbons (Fsp3) is 0.222. The fourth-order valence-electron chi connectivity index (χ4n) is 2.59. The number of rotatable bonds is 3. The summed E-state index contributed by atoms with van der Waals surface area (Å²) in [4.78, 5) is 24.4. The maximum atomic E-state index is 12.2. The largest absolute Gasteiger partial charge is 0.372 e. The van der Waals surface area contributed by atoms with Crippen LogP contribution in [0.5, 0.6) is 0 Å². The minimum absolute atomic E-state index is 0.0638. The second kappa shape index (κ2) is 6.65. The van der Waals surface area contributed by atoms with Crippen molar-refractivity contribution in [1.82, 2.24) is 0 Å². The highest BCUT2D eigenvalue weighted by Crippen LogP contribution is 2.30. The van der Waals surface area contributed by atoms with Gasteiger partial charge in [0.25, 0.3) is 0 Å². The highest BCUT2D eigenvalue weighted by atomic mass is 79.9. The highest BCUT2D eigenvalue weighted by Gasteiger charge is 2.27. The van der Waals surface area contributed by atoms with Gasteiger partial charge in [0.15, 0.2) is 0 Å². The average molecular weight is 388 g/mol. The molecule has 0 aromatic heterocycles. The molecule has 0 saturated heterocycles. The summed E-state index contributed by atoms with van der Waals surface area (Å²) in [6, 6.07) is 10.6. The zero-order valence-corrected chi connectivity index (χ0v) is 15.0. The Kier molecular flexibility index (Phi) is 4.57. The number of hydrogen-bond donors (Lipinski definition) is 3. The summed E-state index contributed by atoms with van der Waals surface area (Å²) in [5, 5.41) is 8.83. The van der Waals surface area contributed by atoms with Crippen LogP contribution in [0, 0.1) is 13.8 Å². The normalized spacial score (nSPS) is 16.0. The molecule has 3 rings (SSSR count). The maximum Gasteiger partial charge on any atom is 0.247 e. The predicted octanol–water partition coefficient (Wildman–Crippen LogP) is 3.83. The van der Waals surface area contributed by atoms with E-state index in [2.05, 4.69) is 31.9 Å². The number of aryl methyl sites for hydroxylation is 2. The van der Waals surface area contributed by atoms with Gasteiger partial charge in [0.05, 0.1) is 17.8 Å². The van der Waals surface area contributed by atoms with Crippen molar-refractivity contribution in [2.75, 3.05) is 16.0 Å². The molecular formula is C18H18BrN3O2. The molecule has 1 aliphatic rings. The van der Waals surface area contributed by atoms with Gasteiger partial charge in [0.2, 0.25) is 11.8 Å². The lowest BCUT2D eigenvalue weighted by Crippen LogP contribution is -2.41. The zero-order chi connectivity index (χ0) is 17.3. The number of halogens is 1. The highest BCUT2D eigenvalue weighted by molar-refractivity contribution is 9.10. The van der Waals surface area contributed by atoms with E-state index in [1.54, 1.807) is 12.1 Å². The summed E-state index contributed by atoms with van der Waals surface area (Å²) in [5.41, 5.74) is 4.55. The first kappa shape index (κ1) is 16.5. The Morgan fingerprint density at radius 2 is 1.75 bits per heavy atom. The molecule has 0 spiro atoms. The lowest BCUT2D eigenvalue weighted by Gasteiger charge is -2.27. The van der Waals surface area contributed by atoms with Gasteiger partial charge in [-0.25, -0.2) is 0 Å². The molecule has 3 N–H and O–H groups in total. The van der Waals surface area contributed by atoms with E-state index in [0.29, 0.717) is 5.69 Å². The van der Waals surface area contributed by atoms with E-state index in [9.17, 15) is 9.59 Å². The van der Waals surface area contributed by atoms with E-state index in [1.165, 1.54) is 0 Å². The van der Waals surface area contributed by atoms with Crippen LogP contribution in [-0.4, -0.2) is 17.9 Å². The summed E-state index contributed by atoms with van der Waals surface area (Å²) < 4.78 is 0.941. The standard InChI is InChI=1S/C18H18BrN3O2/c1-10-7-14-15(8-11(10)2)22-18(24)16(21-14)9-17(23)20-13-5-3-12(19)4-6-13/h3-8,16,21H,9H2,1-2H3,(H,20,23)(H,22,24). The number of carbonyl (C=O) groups excluding carboxylic acids is 2. The SMILES string of the molecule is Cc1cc2c(cc1C)NC(CC(=O)Nc1ccc(Br)cc1)C(=O)N2. The van der Waals surface area contributed by atoms with Crippen molar-refractivity contribution < 1.29 is 9.59 Å². The second-order valence-electron chi connectivity index (χ2n) is 5.93. The molecule has 5 nitrogen and oxygen atoms in total. The molecular weight excluding hydrogens is 370 g/mol. The van der Waals surface area contributed by atoms with Crippen LogP contribution < -0.4 is 16.0 Å². The Labute approximate surface area is 149 Å². The molecule has 0 bridgehead atoms. The number of amides is 2. The molecule has 2 amide bonds. The Morgan fingerprint density at radius 3 is 2.42 bits per heavy atom. The first-order valence-corrected chi connectivity index (χ1v) is 8.46. The molecule has 1 atom stereocenters. The zero-order valence-electron chi connectivity index (χ0n) is 13.4. The van der Waals surface area contributed by atoms with Crippen LogP contribution in [-0.2, 0) is 9.59 Å². The van der Waals surface area contributed by atoms with Crippen LogP contribution in [0.3, 0.4) is 0 Å². The molecule has 2 aromatic carbocycles. The number of anilines is 3. The fourth-order valence-corrected chi connectivity index (χ4v) is 2.85. The third-order valence-electron chi connectivity index (χ3n) is 4.06. The quantitative estimate of drug-likeness (QED) is 0.749. The Hall–Kier alpha value is -2.34. The van der Waals surface area contributed by atoms with Crippen molar-refractivity contribution >= 4 is 44.8 Å². The molecule has 0 saturated carbocycles. The van der Waals surface area contributed by atoms with Crippen LogP contribution in [0.25, 0.3) is 0 Å². The molecule has 0 aliphatic carbocycles. The molecule has 0 radical (unpaired) electrons. The summed E-state index contributed by atoms with van der Waals surface area (Å²) in [6.45, 7) is 4.02. The van der Waals surface area contributed by atoms with Crippen LogP contribution in [0.4, 0.5) is 17.1 Å². The molecule has 1 aliphatic heterocycles. The number of fused-ring (bicyclic) bond motifs is 1. The number of benzene rings is 2. The van der Waals surface area contributed by atoms with Gasteiger partial charge in [0, 0.05) is 10.2 Å². The Balaban J connectivity index is 1.68. The Morgan fingerprint density at radius 1 is 1.12 bits per heavy atom. The molecule has 1 heterocycles. The van der Waals surface area contributed by atoms with E-state index in [-0.39, 0.29) is 18.2 Å². The van der Waals surface area contributed by atoms with Gasteiger partial charge < -0.3 is 16.0 Å². The van der Waals surface area contributed by atoms with Crippen molar-refractivity contribution in [3.8, 4) is 0 Å². The van der Waals surface area contributed by atoms with Gasteiger partial charge in [-0.2, -0.15) is 0 Å². The Bertz CT molecular complexity index is 803. The van der Waals surface area contributed by atoms with Crippen molar-refractivity contribution in [3.05, 3.63) is 52.0 Å². The van der Waals surface area contributed by atoms with Crippen molar-refractivity contribution in [3.63, 3.8) is 0 Å². The summed E-state index contributed by atoms with van der Waals surface area (Å²) in [7, 11) is 0. The third-order valence-corrected chi connectivity index (χ3v) is 4.58. The molecule has 124 valence electrons. The second-order valence-corrected chi connectivity index (χ2v) is 6.84. The molecule has 2 aromatic rings. The van der Waals surface area contributed by atoms with Crippen LogP contribution in [0.1, 0.15) is 17.5 Å². The van der Waals surface area contributed by atoms with Crippen molar-refractivity contribution in [1.29, 1.82) is 0 Å². The lowest BCUT2D eigenvalue weighted by atomic mass is 10.0. The van der Waals surface area contributed by atoms with Crippen molar-refractivity contribution in [2.24, 2.45) is 0 Å². The van der Waals surface area contributed by atoms with Gasteiger partial charge in [0.1, 0.15) is 6.04 Å². The monoisotopic (exact) mass is 387 g/mol. The minimum atomic E-state index is -0.588. The van der Waals surface area contributed by atoms with E-state index in [0.717, 1.165) is 27.0 Å². The number of carbonyl (C=O) groups is 2. The van der Waals surface area contributed by atoms with E-state index in [4.69, 9.17) is 0 Å². The summed E-state index contributed by atoms with van der Waals surface area (Å²) in [6.07, 6.45) is 0.0638. The molecule has 24 heavy (non-hydrogen) atoms. The van der Waals surface area contributed by atoms with E-state index in [1.807, 2.05) is 38.1 Å². The van der Waals surface area contributed by atoms with E-state index >= 15 is 0 Å². The minimum Gasteiger partial charge on any atom is -0.372 e. The molecule has 1 unspecified atom stereocenters. The van der Waals surface area contributed by atoms with Gasteiger partial charge >= 0.3 is 0 Å². The first-order valence-electron chi connectivity index (χ1n) is 7.66. The number of nitrogens with one attached hydrogen (secondary N) is 3. The van der Waals surface area contributed by atoms with Gasteiger partial charge in [-0.05, 0) is 61.4 Å². The summed E-state index contributed by atoms with van der Waals surface area (Å²) >= 11 is 3.35. The van der Waals surface area contributed by atoms with Crippen molar-refractivity contribution in [2.45, 2.75) is 26.3 Å². The third kappa shape index (κ3) is 3.59. The molecule has 6 heteroatoms. The van der Waals surface area contributed by atoms with Crippen LogP contribution >= 0.6 is 15.9 Å². The van der Waals surface area contributed by atoms with Gasteiger partial charge in [-0.15, -0.1) is 0 Å². The number of hydrogen-bond acceptors (Lipinski definition) is 3. The molecule has 0 fully saturated rings. The van der Waals surface area contributed by atoms with Gasteiger partial charge in [-0.3, -0.25) is 9.59 Å². The summed E-state index contributed by atoms with van der Waals surface area (Å²) in [5.74, 6) is -0.408. The predicted molar refractivity (Wildman–Crippen MR) is 99.3 cm³/mol. The maximum absolute atomic E-state index is 12.2.